The molecule has 1 saturated heterocycles. The Morgan fingerprint density at radius 1 is 1.23 bits per heavy atom. The Balaban J connectivity index is 1.99. The van der Waals surface area contributed by atoms with Gasteiger partial charge in [0.15, 0.2) is 6.04 Å². The van der Waals surface area contributed by atoms with Crippen molar-refractivity contribution in [2.45, 2.75) is 85.0 Å². The molecule has 3 heterocycles. The molecule has 0 saturated carbocycles. The number of nitrogens with zero attached hydrogens (tertiary/aromatic N) is 4. The molecule has 2 aliphatic heterocycles. The van der Waals surface area contributed by atoms with Crippen molar-refractivity contribution in [3.05, 3.63) is 22.4 Å². The van der Waals surface area contributed by atoms with Crippen LogP contribution in [0.1, 0.15) is 82.7 Å². The number of unbranched alkanes of at least 4 members (excludes halogenated alkanes) is 1. The number of carbonyl (C=O) groups is 2. The summed E-state index contributed by atoms with van der Waals surface area (Å²) in [5.41, 5.74) is 2.98. The van der Waals surface area contributed by atoms with Gasteiger partial charge in [-0.05, 0) is 38.7 Å². The van der Waals surface area contributed by atoms with Gasteiger partial charge in [0.25, 0.3) is 0 Å². The van der Waals surface area contributed by atoms with Crippen molar-refractivity contribution >= 4 is 17.9 Å². The maximum atomic E-state index is 12.9. The number of nitriles is 1. The second kappa shape index (κ2) is 11.3. The predicted molar refractivity (Wildman–Crippen MR) is 131 cm³/mol. The van der Waals surface area contributed by atoms with Crippen molar-refractivity contribution in [1.82, 2.24) is 9.88 Å². The van der Waals surface area contributed by atoms with E-state index in [0.717, 1.165) is 29.7 Å². The zero-order valence-corrected chi connectivity index (χ0v) is 21.8. The molecule has 1 aromatic rings. The lowest BCUT2D eigenvalue weighted by atomic mass is 9.86. The maximum absolute atomic E-state index is 12.9. The van der Waals surface area contributed by atoms with Crippen LogP contribution < -0.4 is 4.90 Å². The van der Waals surface area contributed by atoms with Crippen LogP contribution >= 0.6 is 0 Å². The summed E-state index contributed by atoms with van der Waals surface area (Å²) >= 11 is 0. The molecular formula is C26H38N4O5. The molecule has 9 heteroatoms. The van der Waals surface area contributed by atoms with E-state index in [0.29, 0.717) is 37.6 Å². The highest BCUT2D eigenvalue weighted by atomic mass is 16.6. The molecule has 1 fully saturated rings. The fourth-order valence-corrected chi connectivity index (χ4v) is 4.62. The van der Waals surface area contributed by atoms with Crippen molar-refractivity contribution < 1.29 is 23.8 Å². The highest BCUT2D eigenvalue weighted by Crippen LogP contribution is 2.38. The van der Waals surface area contributed by atoms with E-state index in [2.05, 4.69) is 19.9 Å². The number of esters is 1. The Labute approximate surface area is 208 Å². The van der Waals surface area contributed by atoms with Gasteiger partial charge in [-0.2, -0.15) is 5.26 Å². The third-order valence-corrected chi connectivity index (χ3v) is 6.49. The van der Waals surface area contributed by atoms with E-state index in [9.17, 15) is 14.9 Å². The number of hydrogen-bond acceptors (Lipinski definition) is 8. The number of piperazine rings is 1. The molecule has 3 rings (SSSR count). The Morgan fingerprint density at radius 3 is 2.60 bits per heavy atom. The van der Waals surface area contributed by atoms with Gasteiger partial charge in [0.1, 0.15) is 11.9 Å². The first-order chi connectivity index (χ1) is 16.6. The number of pyridine rings is 1. The number of anilines is 1. The monoisotopic (exact) mass is 486 g/mol. The molecule has 2 aliphatic rings. The first-order valence-electron chi connectivity index (χ1n) is 12.6. The summed E-state index contributed by atoms with van der Waals surface area (Å²) in [7, 11) is 0. The van der Waals surface area contributed by atoms with Crippen LogP contribution in [0.5, 0.6) is 0 Å². The first kappa shape index (κ1) is 26.7. The summed E-state index contributed by atoms with van der Waals surface area (Å²) in [4.78, 5) is 33.9. The number of ether oxygens (including phenoxy) is 3. The van der Waals surface area contributed by atoms with Crippen LogP contribution in [0.15, 0.2) is 0 Å². The first-order valence-corrected chi connectivity index (χ1v) is 12.6. The van der Waals surface area contributed by atoms with Gasteiger partial charge in [-0.3, -0.25) is 4.90 Å². The van der Waals surface area contributed by atoms with Crippen molar-refractivity contribution in [3.8, 4) is 6.07 Å². The largest absolute Gasteiger partial charge is 0.464 e. The van der Waals surface area contributed by atoms with E-state index in [-0.39, 0.29) is 31.2 Å². The van der Waals surface area contributed by atoms with E-state index in [1.54, 1.807) is 6.92 Å². The van der Waals surface area contributed by atoms with E-state index in [4.69, 9.17) is 19.2 Å². The number of rotatable bonds is 7. The minimum absolute atomic E-state index is 0.135. The molecule has 0 spiro atoms. The molecule has 0 N–H and O–H groups in total. The van der Waals surface area contributed by atoms with Gasteiger partial charge in [0.05, 0.1) is 43.2 Å². The van der Waals surface area contributed by atoms with Crippen LogP contribution in [-0.2, 0) is 32.0 Å². The number of hydrogen-bond donors (Lipinski definition) is 0. The fourth-order valence-electron chi connectivity index (χ4n) is 4.62. The van der Waals surface area contributed by atoms with E-state index in [1.807, 2.05) is 25.7 Å². The normalized spacial score (nSPS) is 19.2. The zero-order chi connectivity index (χ0) is 25.8. The van der Waals surface area contributed by atoms with Crippen LogP contribution in [0, 0.1) is 11.3 Å². The van der Waals surface area contributed by atoms with Crippen LogP contribution in [0.2, 0.25) is 0 Å². The molecule has 0 bridgehead atoms. The number of amides is 1. The quantitative estimate of drug-likeness (QED) is 0.422. The lowest BCUT2D eigenvalue weighted by Gasteiger charge is -2.41. The molecule has 1 amide bonds. The minimum atomic E-state index is -0.843. The molecule has 9 nitrogen and oxygen atoms in total. The Morgan fingerprint density at radius 2 is 1.97 bits per heavy atom. The van der Waals surface area contributed by atoms with Gasteiger partial charge in [0.2, 0.25) is 0 Å². The fraction of sp³-hybridized carbons (Fsp3) is 0.692. The Bertz CT molecular complexity index is 985. The number of aromatic nitrogens is 1. The molecule has 0 aliphatic carbocycles. The molecule has 1 unspecified atom stereocenters. The summed E-state index contributed by atoms with van der Waals surface area (Å²) < 4.78 is 16.7. The second-order valence-electron chi connectivity index (χ2n) is 10.0. The summed E-state index contributed by atoms with van der Waals surface area (Å²) in [5.74, 6) is 0.205. The summed E-state index contributed by atoms with van der Waals surface area (Å²) in [6.07, 6.45) is 1.75. The maximum Gasteiger partial charge on any atom is 0.410 e. The van der Waals surface area contributed by atoms with Crippen molar-refractivity contribution in [2.24, 2.45) is 0 Å². The summed E-state index contributed by atoms with van der Waals surface area (Å²) in [6, 6.07) is 1.54. The van der Waals surface area contributed by atoms with E-state index >= 15 is 0 Å². The standard InChI is InChI=1S/C26H38N4O5/c1-7-9-12-34-25(32)30-11-10-29(15-21(30)24(31)33-8-2)23-19(14-27)18-13-26(5,6)35-16-20(18)22(28-23)17(3)4/h17,21H,7-13,15-16H2,1-6H3. The Hall–Kier alpha value is -2.86. The third-order valence-electron chi connectivity index (χ3n) is 6.49. The molecular weight excluding hydrogens is 448 g/mol. The predicted octanol–water partition coefficient (Wildman–Crippen LogP) is 3.92. The Kier molecular flexibility index (Phi) is 8.60. The number of carbonyl (C=O) groups excluding carboxylic acids is 2. The third kappa shape index (κ3) is 5.87. The molecule has 0 aromatic carbocycles. The van der Waals surface area contributed by atoms with Crippen LogP contribution in [0.3, 0.4) is 0 Å². The second-order valence-corrected chi connectivity index (χ2v) is 10.0. The van der Waals surface area contributed by atoms with Gasteiger partial charge < -0.3 is 19.1 Å². The van der Waals surface area contributed by atoms with Gasteiger partial charge in [0, 0.05) is 25.1 Å². The highest BCUT2D eigenvalue weighted by molar-refractivity contribution is 5.83. The lowest BCUT2D eigenvalue weighted by molar-refractivity contribution is -0.149. The number of fused-ring (bicyclic) bond motifs is 1. The van der Waals surface area contributed by atoms with Gasteiger partial charge in [-0.1, -0.05) is 27.2 Å². The summed E-state index contributed by atoms with van der Waals surface area (Å²) in [6.45, 7) is 13.8. The smallest absolute Gasteiger partial charge is 0.410 e. The zero-order valence-electron chi connectivity index (χ0n) is 21.8. The molecule has 1 aromatic heterocycles. The SMILES string of the molecule is CCCCOC(=O)N1CCN(c2nc(C(C)C)c3c(c2C#N)CC(C)(C)OC3)CC1C(=O)OCC. The van der Waals surface area contributed by atoms with E-state index < -0.39 is 18.1 Å². The molecule has 1 atom stereocenters. The van der Waals surface area contributed by atoms with Gasteiger partial charge >= 0.3 is 12.1 Å². The lowest BCUT2D eigenvalue weighted by Crippen LogP contribution is -2.59. The molecule has 35 heavy (non-hydrogen) atoms. The van der Waals surface area contributed by atoms with Gasteiger partial charge in [-0.25, -0.2) is 14.6 Å². The van der Waals surface area contributed by atoms with Crippen LogP contribution in [0.25, 0.3) is 0 Å². The van der Waals surface area contributed by atoms with E-state index in [1.165, 1.54) is 4.90 Å². The van der Waals surface area contributed by atoms with Crippen LogP contribution in [0.4, 0.5) is 10.6 Å². The summed E-state index contributed by atoms with van der Waals surface area (Å²) in [5, 5.41) is 10.2. The molecule has 192 valence electrons. The highest BCUT2D eigenvalue weighted by Gasteiger charge is 2.40. The minimum Gasteiger partial charge on any atom is -0.464 e. The van der Waals surface area contributed by atoms with Crippen molar-refractivity contribution in [3.63, 3.8) is 0 Å². The van der Waals surface area contributed by atoms with Crippen molar-refractivity contribution in [1.29, 1.82) is 5.26 Å². The topological polar surface area (TPSA) is 105 Å². The van der Waals surface area contributed by atoms with Crippen molar-refractivity contribution in [2.75, 3.05) is 37.7 Å². The van der Waals surface area contributed by atoms with Crippen LogP contribution in [-0.4, -0.2) is 66.4 Å². The average Bonchev–Trinajstić information content (AvgIpc) is 2.82. The average molecular weight is 487 g/mol. The van der Waals surface area contributed by atoms with Gasteiger partial charge in [-0.15, -0.1) is 0 Å². The molecule has 0 radical (unpaired) electrons.